The Morgan fingerprint density at radius 2 is 1.94 bits per heavy atom. The number of phenols is 2. The minimum Gasteiger partial charge on any atom is -0.507 e. The molecule has 0 amide bonds. The number of nitroso groups, excluding NO2 is 1. The number of aromatic amines is 1. The van der Waals surface area contributed by atoms with E-state index in [4.69, 9.17) is 0 Å². The van der Waals surface area contributed by atoms with Gasteiger partial charge in [-0.15, -0.1) is 0 Å². The summed E-state index contributed by atoms with van der Waals surface area (Å²) in [6.07, 6.45) is 6.54. The fraction of sp³-hybridized carbons (Fsp3) is 0.414. The summed E-state index contributed by atoms with van der Waals surface area (Å²) >= 11 is 0. The van der Waals surface area contributed by atoms with E-state index in [2.05, 4.69) is 40.0 Å². The first-order chi connectivity index (χ1) is 17.3. The van der Waals surface area contributed by atoms with Crippen LogP contribution < -0.4 is 5.32 Å². The van der Waals surface area contributed by atoms with Gasteiger partial charge in [0.15, 0.2) is 0 Å². The summed E-state index contributed by atoms with van der Waals surface area (Å²) in [4.78, 5) is 18.3. The van der Waals surface area contributed by atoms with Gasteiger partial charge in [-0.25, -0.2) is 4.98 Å². The van der Waals surface area contributed by atoms with Crippen molar-refractivity contribution >= 4 is 11.0 Å². The van der Waals surface area contributed by atoms with Crippen LogP contribution in [-0.4, -0.2) is 26.7 Å². The maximum atomic E-state index is 10.4. The van der Waals surface area contributed by atoms with Crippen molar-refractivity contribution in [3.63, 3.8) is 0 Å². The summed E-state index contributed by atoms with van der Waals surface area (Å²) in [5.41, 5.74) is 6.65. The van der Waals surface area contributed by atoms with Crippen LogP contribution >= 0.6 is 0 Å². The molecule has 4 N–H and O–H groups in total. The standard InChI is InChI=1S/C17H22O2.C12H14N4O/c1-10(2)13-6-5-11(3)7-14(13)17-15(18)8-12(4)9-16(17)19;17-14-7-8-3-1-4-9-11(8)16-12(15-9)10-5-2-6-13-10/h7-9,13-14,18-19H,1,5-6H2,2-4H3;1,3-4,10,13H,2,5-7H2,(H,15,16). The quantitative estimate of drug-likeness (QED) is 0.237. The highest BCUT2D eigenvalue weighted by Crippen LogP contribution is 2.46. The molecule has 1 aromatic heterocycles. The number of imidazole rings is 1. The number of aromatic nitrogens is 2. The Kier molecular flexibility index (Phi) is 7.89. The molecule has 3 atom stereocenters. The number of hydrogen-bond donors (Lipinski definition) is 4. The molecule has 190 valence electrons. The number of aryl methyl sites for hydroxylation is 1. The Hall–Kier alpha value is -3.45. The summed E-state index contributed by atoms with van der Waals surface area (Å²) in [6.45, 7) is 11.3. The zero-order valence-electron chi connectivity index (χ0n) is 21.3. The molecular formula is C29H36N4O3. The van der Waals surface area contributed by atoms with Crippen molar-refractivity contribution in [3.8, 4) is 11.5 Å². The number of H-pyrrole nitrogens is 1. The molecule has 2 heterocycles. The molecule has 0 bridgehead atoms. The zero-order valence-corrected chi connectivity index (χ0v) is 21.3. The van der Waals surface area contributed by atoms with Crippen LogP contribution in [0.5, 0.6) is 11.5 Å². The fourth-order valence-electron chi connectivity index (χ4n) is 5.40. The fourth-order valence-corrected chi connectivity index (χ4v) is 5.40. The van der Waals surface area contributed by atoms with Crippen LogP contribution in [0.4, 0.5) is 0 Å². The number of hydrogen-bond acceptors (Lipinski definition) is 6. The largest absolute Gasteiger partial charge is 0.507 e. The number of para-hydroxylation sites is 1. The van der Waals surface area contributed by atoms with E-state index < -0.39 is 0 Å². The number of phenolic OH excluding ortho intramolecular Hbond substituents is 2. The predicted octanol–water partition coefficient (Wildman–Crippen LogP) is 6.68. The van der Waals surface area contributed by atoms with Crippen LogP contribution in [0.25, 0.3) is 11.0 Å². The summed E-state index contributed by atoms with van der Waals surface area (Å²) < 4.78 is 0. The lowest BCUT2D eigenvalue weighted by Gasteiger charge is -2.31. The number of rotatable bonds is 5. The first-order valence-electron chi connectivity index (χ1n) is 12.6. The van der Waals surface area contributed by atoms with Crippen molar-refractivity contribution in [3.05, 3.63) is 81.6 Å². The Bertz CT molecular complexity index is 1260. The molecule has 0 radical (unpaired) electrons. The molecule has 1 aliphatic heterocycles. The predicted molar refractivity (Wildman–Crippen MR) is 144 cm³/mol. The van der Waals surface area contributed by atoms with E-state index in [1.54, 1.807) is 12.1 Å². The first-order valence-corrected chi connectivity index (χ1v) is 12.6. The first kappa shape index (κ1) is 25.6. The normalized spacial score (nSPS) is 21.5. The van der Waals surface area contributed by atoms with E-state index in [0.717, 1.165) is 59.4 Å². The second kappa shape index (κ2) is 11.1. The van der Waals surface area contributed by atoms with Crippen LogP contribution in [0.2, 0.25) is 0 Å². The number of allylic oxidation sites excluding steroid dienone is 3. The average Bonchev–Trinajstić information content (AvgIpc) is 3.49. The number of benzene rings is 2. The number of fused-ring (bicyclic) bond motifs is 1. The van der Waals surface area contributed by atoms with E-state index in [0.29, 0.717) is 11.6 Å². The van der Waals surface area contributed by atoms with Crippen molar-refractivity contribution in [1.82, 2.24) is 15.3 Å². The lowest BCUT2D eigenvalue weighted by Crippen LogP contribution is -2.17. The molecule has 7 nitrogen and oxygen atoms in total. The van der Waals surface area contributed by atoms with Crippen LogP contribution in [0.1, 0.15) is 74.0 Å². The smallest absolute Gasteiger partial charge is 0.124 e. The summed E-state index contributed by atoms with van der Waals surface area (Å²) in [5, 5.41) is 26.7. The van der Waals surface area contributed by atoms with Crippen molar-refractivity contribution in [1.29, 1.82) is 0 Å². The Balaban J connectivity index is 0.000000170. The Morgan fingerprint density at radius 3 is 2.58 bits per heavy atom. The lowest BCUT2D eigenvalue weighted by molar-refractivity contribution is 0.406. The van der Waals surface area contributed by atoms with E-state index in [9.17, 15) is 15.1 Å². The second-order valence-corrected chi connectivity index (χ2v) is 10.1. The molecule has 1 fully saturated rings. The van der Waals surface area contributed by atoms with Crippen LogP contribution in [0.15, 0.2) is 59.3 Å². The second-order valence-electron chi connectivity index (χ2n) is 10.1. The average molecular weight is 489 g/mol. The number of aromatic hydroxyl groups is 2. The van der Waals surface area contributed by atoms with Crippen molar-refractivity contribution < 1.29 is 10.2 Å². The van der Waals surface area contributed by atoms with Gasteiger partial charge in [0.2, 0.25) is 0 Å². The monoisotopic (exact) mass is 488 g/mol. The van der Waals surface area contributed by atoms with Crippen molar-refractivity contribution in [2.45, 2.75) is 65.0 Å². The SMILES string of the molecule is C=C(C)C1CCC(C)=CC1c1c(O)cc(C)cc1O.O=NCc1cccc2[nH]c(C3CCCN3)nc12. The number of nitrogens with zero attached hydrogens (tertiary/aromatic N) is 2. The molecule has 7 heteroatoms. The number of nitrogens with one attached hydrogen (secondary N) is 2. The molecule has 1 aliphatic carbocycles. The van der Waals surface area contributed by atoms with E-state index in [1.165, 1.54) is 12.0 Å². The maximum absolute atomic E-state index is 10.4. The lowest BCUT2D eigenvalue weighted by atomic mass is 9.74. The zero-order chi connectivity index (χ0) is 25.8. The summed E-state index contributed by atoms with van der Waals surface area (Å²) in [5.74, 6) is 1.63. The third-order valence-corrected chi connectivity index (χ3v) is 7.23. The third-order valence-electron chi connectivity index (χ3n) is 7.23. The Morgan fingerprint density at radius 1 is 1.19 bits per heavy atom. The van der Waals surface area contributed by atoms with Gasteiger partial charge in [0, 0.05) is 17.0 Å². The van der Waals surface area contributed by atoms with Crippen LogP contribution in [-0.2, 0) is 6.54 Å². The highest BCUT2D eigenvalue weighted by Gasteiger charge is 2.29. The summed E-state index contributed by atoms with van der Waals surface area (Å²) in [7, 11) is 0. The van der Waals surface area contributed by atoms with Crippen molar-refractivity contribution in [2.24, 2.45) is 11.1 Å². The van der Waals surface area contributed by atoms with Crippen molar-refractivity contribution in [2.75, 3.05) is 6.54 Å². The topological polar surface area (TPSA) is 111 Å². The minimum absolute atomic E-state index is 0.0202. The maximum Gasteiger partial charge on any atom is 0.124 e. The highest BCUT2D eigenvalue weighted by atomic mass is 16.3. The summed E-state index contributed by atoms with van der Waals surface area (Å²) in [6, 6.07) is 9.54. The molecule has 0 spiro atoms. The molecule has 1 saturated heterocycles. The Labute approximate surface area is 212 Å². The van der Waals surface area contributed by atoms with E-state index in [-0.39, 0.29) is 29.9 Å². The van der Waals surface area contributed by atoms with Gasteiger partial charge >= 0.3 is 0 Å². The van der Waals surface area contributed by atoms with E-state index >= 15 is 0 Å². The van der Waals surface area contributed by atoms with Gasteiger partial charge in [0.25, 0.3) is 0 Å². The van der Waals surface area contributed by atoms with Gasteiger partial charge < -0.3 is 20.5 Å². The molecule has 5 rings (SSSR count). The molecule has 36 heavy (non-hydrogen) atoms. The van der Waals surface area contributed by atoms with Gasteiger partial charge in [0.1, 0.15) is 23.9 Å². The van der Waals surface area contributed by atoms with Gasteiger partial charge in [-0.05, 0) is 82.7 Å². The molecule has 2 aromatic carbocycles. The highest BCUT2D eigenvalue weighted by molar-refractivity contribution is 5.78. The molecule has 3 aromatic rings. The van der Waals surface area contributed by atoms with Gasteiger partial charge in [-0.3, -0.25) is 0 Å². The van der Waals surface area contributed by atoms with Gasteiger partial charge in [0.05, 0.1) is 17.1 Å². The van der Waals surface area contributed by atoms with Crippen LogP contribution in [0, 0.1) is 17.7 Å². The minimum atomic E-state index is 0.0202. The third kappa shape index (κ3) is 5.51. The molecular weight excluding hydrogens is 452 g/mol. The van der Waals surface area contributed by atoms with Gasteiger partial charge in [-0.1, -0.05) is 41.1 Å². The molecule has 0 saturated carbocycles. The van der Waals surface area contributed by atoms with E-state index in [1.807, 2.05) is 32.0 Å². The molecule has 2 aliphatic rings. The van der Waals surface area contributed by atoms with Gasteiger partial charge in [-0.2, -0.15) is 4.91 Å². The van der Waals surface area contributed by atoms with Crippen LogP contribution in [0.3, 0.4) is 0 Å². The molecule has 3 unspecified atom stereocenters.